The van der Waals surface area contributed by atoms with Crippen molar-refractivity contribution in [1.29, 1.82) is 0 Å². The summed E-state index contributed by atoms with van der Waals surface area (Å²) in [6, 6.07) is 6.96. The van der Waals surface area contributed by atoms with Crippen LogP contribution >= 0.6 is 0 Å². The van der Waals surface area contributed by atoms with E-state index in [2.05, 4.69) is 17.6 Å². The number of nitrogens with one attached hydrogen (secondary N) is 2. The van der Waals surface area contributed by atoms with Gasteiger partial charge in [-0.2, -0.15) is 0 Å². The Kier molecular flexibility index (Phi) is 6.85. The van der Waals surface area contributed by atoms with Crippen LogP contribution in [-0.4, -0.2) is 34.4 Å². The number of rotatable bonds is 8. The fourth-order valence-corrected chi connectivity index (χ4v) is 1.84. The molecule has 1 unspecified atom stereocenters. The summed E-state index contributed by atoms with van der Waals surface area (Å²) in [7, 11) is 0. The SMILES string of the molecule is CCCCCc1ccc(NC(=O)NCC(C)(O)C(=O)O)cc1. The minimum absolute atomic E-state index is 0.372. The van der Waals surface area contributed by atoms with E-state index in [1.165, 1.54) is 18.4 Å². The summed E-state index contributed by atoms with van der Waals surface area (Å²) in [6.45, 7) is 2.91. The molecule has 6 heteroatoms. The third kappa shape index (κ3) is 6.13. The topological polar surface area (TPSA) is 98.7 Å². The van der Waals surface area contributed by atoms with E-state index >= 15 is 0 Å². The average molecular weight is 308 g/mol. The Hall–Kier alpha value is -2.08. The molecule has 1 aromatic rings. The molecule has 0 aliphatic rings. The van der Waals surface area contributed by atoms with Crippen LogP contribution in [0, 0.1) is 0 Å². The lowest BCUT2D eigenvalue weighted by Gasteiger charge is -2.18. The molecule has 1 atom stereocenters. The summed E-state index contributed by atoms with van der Waals surface area (Å²) in [5.74, 6) is -1.38. The molecule has 122 valence electrons. The minimum Gasteiger partial charge on any atom is -0.479 e. The number of carbonyl (C=O) groups is 2. The zero-order valence-electron chi connectivity index (χ0n) is 13.1. The largest absolute Gasteiger partial charge is 0.479 e. The molecule has 2 amide bonds. The van der Waals surface area contributed by atoms with Crippen LogP contribution in [0.25, 0.3) is 0 Å². The maximum Gasteiger partial charge on any atom is 0.337 e. The summed E-state index contributed by atoms with van der Waals surface area (Å²) < 4.78 is 0. The van der Waals surface area contributed by atoms with E-state index in [1.807, 2.05) is 12.1 Å². The van der Waals surface area contributed by atoms with Crippen molar-refractivity contribution in [3.63, 3.8) is 0 Å². The maximum atomic E-state index is 11.7. The van der Waals surface area contributed by atoms with Crippen molar-refractivity contribution in [2.75, 3.05) is 11.9 Å². The van der Waals surface area contributed by atoms with Gasteiger partial charge in [-0.05, 0) is 37.5 Å². The Balaban J connectivity index is 2.43. The standard InChI is InChI=1S/C16H24N2O4/c1-3-4-5-6-12-7-9-13(10-8-12)18-15(21)17-11-16(2,22)14(19)20/h7-10,22H,3-6,11H2,1-2H3,(H,19,20)(H2,17,18,21). The fraction of sp³-hybridized carbons (Fsp3) is 0.500. The highest BCUT2D eigenvalue weighted by Crippen LogP contribution is 2.12. The summed E-state index contributed by atoms with van der Waals surface area (Å²) in [6.07, 6.45) is 4.54. The fourth-order valence-electron chi connectivity index (χ4n) is 1.84. The predicted molar refractivity (Wildman–Crippen MR) is 85.0 cm³/mol. The van der Waals surface area contributed by atoms with Gasteiger partial charge in [-0.1, -0.05) is 31.9 Å². The highest BCUT2D eigenvalue weighted by atomic mass is 16.4. The molecule has 0 aliphatic heterocycles. The molecule has 6 nitrogen and oxygen atoms in total. The van der Waals surface area contributed by atoms with Crippen LogP contribution in [0.3, 0.4) is 0 Å². The first-order chi connectivity index (χ1) is 10.3. The quantitative estimate of drug-likeness (QED) is 0.554. The van der Waals surface area contributed by atoms with E-state index in [4.69, 9.17) is 5.11 Å². The van der Waals surface area contributed by atoms with Crippen LogP contribution < -0.4 is 10.6 Å². The molecule has 0 aromatic heterocycles. The van der Waals surface area contributed by atoms with Gasteiger partial charge in [0.05, 0.1) is 6.54 Å². The van der Waals surface area contributed by atoms with E-state index < -0.39 is 17.6 Å². The van der Waals surface area contributed by atoms with Crippen molar-refractivity contribution < 1.29 is 19.8 Å². The van der Waals surface area contributed by atoms with E-state index in [0.717, 1.165) is 19.8 Å². The maximum absolute atomic E-state index is 11.7. The van der Waals surface area contributed by atoms with Gasteiger partial charge in [0.25, 0.3) is 0 Å². The predicted octanol–water partition coefficient (Wildman–Crippen LogP) is 2.38. The Morgan fingerprint density at radius 2 is 1.82 bits per heavy atom. The second kappa shape index (κ2) is 8.38. The first-order valence-corrected chi connectivity index (χ1v) is 7.44. The Labute approximate surface area is 130 Å². The van der Waals surface area contributed by atoms with Gasteiger partial charge in [0, 0.05) is 5.69 Å². The van der Waals surface area contributed by atoms with Crippen molar-refractivity contribution in [3.8, 4) is 0 Å². The Morgan fingerprint density at radius 1 is 1.18 bits per heavy atom. The van der Waals surface area contributed by atoms with Gasteiger partial charge in [0.2, 0.25) is 0 Å². The number of hydrogen-bond acceptors (Lipinski definition) is 3. The number of carboxylic acid groups (broad SMARTS) is 1. The number of urea groups is 1. The van der Waals surface area contributed by atoms with Crippen LogP contribution in [0.15, 0.2) is 24.3 Å². The lowest BCUT2D eigenvalue weighted by molar-refractivity contribution is -0.155. The monoisotopic (exact) mass is 308 g/mol. The van der Waals surface area contributed by atoms with Gasteiger partial charge in [0.15, 0.2) is 5.60 Å². The summed E-state index contributed by atoms with van der Waals surface area (Å²) in [5, 5.41) is 23.2. The Morgan fingerprint density at radius 3 is 2.36 bits per heavy atom. The molecule has 0 spiro atoms. The number of aryl methyl sites for hydroxylation is 1. The van der Waals surface area contributed by atoms with Crippen molar-refractivity contribution in [2.24, 2.45) is 0 Å². The minimum atomic E-state index is -1.99. The summed E-state index contributed by atoms with van der Waals surface area (Å²) >= 11 is 0. The number of amides is 2. The molecule has 0 fully saturated rings. The number of unbranched alkanes of at least 4 members (excludes halogenated alkanes) is 2. The molecular formula is C16H24N2O4. The van der Waals surface area contributed by atoms with E-state index in [-0.39, 0.29) is 6.54 Å². The number of aliphatic carboxylic acids is 1. The average Bonchev–Trinajstić information content (AvgIpc) is 2.47. The van der Waals surface area contributed by atoms with Gasteiger partial charge in [-0.25, -0.2) is 9.59 Å². The highest BCUT2D eigenvalue weighted by Gasteiger charge is 2.30. The number of carboxylic acids is 1. The lowest BCUT2D eigenvalue weighted by Crippen LogP contribution is -2.47. The molecule has 4 N–H and O–H groups in total. The molecular weight excluding hydrogens is 284 g/mol. The van der Waals surface area contributed by atoms with E-state index in [1.54, 1.807) is 12.1 Å². The first-order valence-electron chi connectivity index (χ1n) is 7.44. The molecule has 1 rings (SSSR count). The van der Waals surface area contributed by atoms with Crippen LogP contribution in [0.1, 0.15) is 38.7 Å². The smallest absolute Gasteiger partial charge is 0.337 e. The molecule has 0 aliphatic carbocycles. The molecule has 1 aromatic carbocycles. The normalized spacial score (nSPS) is 13.2. The third-order valence-corrected chi connectivity index (χ3v) is 3.33. The first kappa shape index (κ1) is 18.0. The molecule has 0 saturated carbocycles. The van der Waals surface area contributed by atoms with Gasteiger partial charge in [-0.15, -0.1) is 0 Å². The molecule has 0 heterocycles. The zero-order chi connectivity index (χ0) is 16.6. The van der Waals surface area contributed by atoms with Crippen molar-refractivity contribution in [2.45, 2.75) is 45.1 Å². The van der Waals surface area contributed by atoms with Gasteiger partial charge < -0.3 is 20.8 Å². The van der Waals surface area contributed by atoms with Crippen LogP contribution in [0.4, 0.5) is 10.5 Å². The molecule has 0 radical (unpaired) electrons. The van der Waals surface area contributed by atoms with E-state index in [0.29, 0.717) is 5.69 Å². The van der Waals surface area contributed by atoms with Gasteiger partial charge >= 0.3 is 12.0 Å². The van der Waals surface area contributed by atoms with Crippen molar-refractivity contribution in [1.82, 2.24) is 5.32 Å². The number of benzene rings is 1. The number of carbonyl (C=O) groups excluding carboxylic acids is 1. The van der Waals surface area contributed by atoms with Gasteiger partial charge in [0.1, 0.15) is 0 Å². The number of hydrogen-bond donors (Lipinski definition) is 4. The Bertz CT molecular complexity index is 497. The lowest BCUT2D eigenvalue weighted by atomic mass is 10.1. The van der Waals surface area contributed by atoms with Crippen molar-refractivity contribution in [3.05, 3.63) is 29.8 Å². The molecule has 22 heavy (non-hydrogen) atoms. The number of anilines is 1. The third-order valence-electron chi connectivity index (χ3n) is 3.33. The highest BCUT2D eigenvalue weighted by molar-refractivity contribution is 5.89. The molecule has 0 saturated heterocycles. The van der Waals surface area contributed by atoms with Crippen LogP contribution in [0.5, 0.6) is 0 Å². The van der Waals surface area contributed by atoms with Crippen LogP contribution in [0.2, 0.25) is 0 Å². The summed E-state index contributed by atoms with van der Waals surface area (Å²) in [4.78, 5) is 22.4. The van der Waals surface area contributed by atoms with Crippen molar-refractivity contribution >= 4 is 17.7 Å². The van der Waals surface area contributed by atoms with Gasteiger partial charge in [-0.3, -0.25) is 0 Å². The second-order valence-electron chi connectivity index (χ2n) is 5.54. The summed E-state index contributed by atoms with van der Waals surface area (Å²) in [5.41, 5.74) is -0.152. The van der Waals surface area contributed by atoms with E-state index in [9.17, 15) is 14.7 Å². The zero-order valence-corrected chi connectivity index (χ0v) is 13.1. The van der Waals surface area contributed by atoms with Crippen LogP contribution in [-0.2, 0) is 11.2 Å². The molecule has 0 bridgehead atoms. The second-order valence-corrected chi connectivity index (χ2v) is 5.54. The number of aliphatic hydroxyl groups is 1.